The lowest BCUT2D eigenvalue weighted by molar-refractivity contribution is -0.169. The van der Waals surface area contributed by atoms with E-state index in [1.165, 1.54) is 0 Å². The minimum atomic E-state index is -0.486. The van der Waals surface area contributed by atoms with E-state index in [9.17, 15) is 0 Å². The molecule has 1 aliphatic rings. The van der Waals surface area contributed by atoms with Gasteiger partial charge in [0, 0.05) is 14.2 Å². The second-order valence-corrected chi connectivity index (χ2v) is 6.26. The van der Waals surface area contributed by atoms with Gasteiger partial charge in [0.1, 0.15) is 18.3 Å². The fourth-order valence-electron chi connectivity index (χ4n) is 3.09. The summed E-state index contributed by atoms with van der Waals surface area (Å²) in [6.07, 6.45) is -1.33. The van der Waals surface area contributed by atoms with Crippen LogP contribution < -0.4 is 0 Å². The van der Waals surface area contributed by atoms with E-state index in [1.807, 2.05) is 60.7 Å². The first-order valence-corrected chi connectivity index (χ1v) is 8.80. The van der Waals surface area contributed by atoms with E-state index in [0.29, 0.717) is 19.8 Å². The predicted octanol–water partition coefficient (Wildman–Crippen LogP) is 3.17. The van der Waals surface area contributed by atoms with Gasteiger partial charge in [0.15, 0.2) is 6.29 Å². The van der Waals surface area contributed by atoms with Gasteiger partial charge in [-0.1, -0.05) is 60.7 Å². The maximum Gasteiger partial charge on any atom is 0.186 e. The van der Waals surface area contributed by atoms with Crippen molar-refractivity contribution >= 4 is 0 Å². The molecule has 0 N–H and O–H groups in total. The van der Waals surface area contributed by atoms with Crippen molar-refractivity contribution in [1.82, 2.24) is 0 Å². The summed E-state index contributed by atoms with van der Waals surface area (Å²) in [5, 5.41) is 0. The van der Waals surface area contributed by atoms with Gasteiger partial charge in [-0.05, 0) is 11.1 Å². The van der Waals surface area contributed by atoms with Gasteiger partial charge < -0.3 is 23.7 Å². The SMILES string of the molecule is COC[C@H]1O[C@H](OC)[C@H](OCc2ccccc2)[C@@H]1OCc1ccccc1. The summed E-state index contributed by atoms with van der Waals surface area (Å²) in [7, 11) is 3.27. The van der Waals surface area contributed by atoms with Gasteiger partial charge in [-0.3, -0.25) is 0 Å². The zero-order valence-corrected chi connectivity index (χ0v) is 15.2. The quantitative estimate of drug-likeness (QED) is 0.689. The van der Waals surface area contributed by atoms with Crippen LogP contribution in [0.3, 0.4) is 0 Å². The molecule has 1 heterocycles. The largest absolute Gasteiger partial charge is 0.382 e. The molecular weight excluding hydrogens is 332 g/mol. The molecule has 3 rings (SSSR count). The summed E-state index contributed by atoms with van der Waals surface area (Å²) in [6.45, 7) is 1.38. The normalized spacial score (nSPS) is 25.5. The summed E-state index contributed by atoms with van der Waals surface area (Å²) < 4.78 is 29.1. The average molecular weight is 358 g/mol. The molecule has 0 spiro atoms. The third-order valence-electron chi connectivity index (χ3n) is 4.40. The lowest BCUT2D eigenvalue weighted by Gasteiger charge is -2.24. The summed E-state index contributed by atoms with van der Waals surface area (Å²) >= 11 is 0. The second kappa shape index (κ2) is 9.80. The number of hydrogen-bond donors (Lipinski definition) is 0. The topological polar surface area (TPSA) is 46.2 Å². The van der Waals surface area contributed by atoms with E-state index in [-0.39, 0.29) is 18.3 Å². The van der Waals surface area contributed by atoms with E-state index in [0.717, 1.165) is 11.1 Å². The molecule has 0 aromatic heterocycles. The first-order valence-electron chi connectivity index (χ1n) is 8.80. The fourth-order valence-corrected chi connectivity index (χ4v) is 3.09. The molecule has 2 aromatic rings. The van der Waals surface area contributed by atoms with Crippen LogP contribution in [0.15, 0.2) is 60.7 Å². The lowest BCUT2D eigenvalue weighted by atomic mass is 10.1. The van der Waals surface area contributed by atoms with Gasteiger partial charge in [-0.2, -0.15) is 0 Å². The van der Waals surface area contributed by atoms with E-state index >= 15 is 0 Å². The Morgan fingerprint density at radius 3 is 1.81 bits per heavy atom. The van der Waals surface area contributed by atoms with Gasteiger partial charge >= 0.3 is 0 Å². The van der Waals surface area contributed by atoms with E-state index in [1.54, 1.807) is 14.2 Å². The second-order valence-electron chi connectivity index (χ2n) is 6.26. The smallest absolute Gasteiger partial charge is 0.186 e. The molecule has 0 amide bonds. The number of methoxy groups -OCH3 is 2. The minimum Gasteiger partial charge on any atom is -0.382 e. The Kier molecular flexibility index (Phi) is 7.17. The number of benzene rings is 2. The first-order chi connectivity index (χ1) is 12.8. The number of ether oxygens (including phenoxy) is 5. The number of hydrogen-bond acceptors (Lipinski definition) is 5. The Bertz CT molecular complexity index is 633. The summed E-state index contributed by atoms with van der Waals surface area (Å²) in [5.41, 5.74) is 2.20. The van der Waals surface area contributed by atoms with Gasteiger partial charge in [-0.25, -0.2) is 0 Å². The van der Waals surface area contributed by atoms with Crippen molar-refractivity contribution in [2.75, 3.05) is 20.8 Å². The minimum absolute atomic E-state index is 0.241. The van der Waals surface area contributed by atoms with Gasteiger partial charge in [0.2, 0.25) is 0 Å². The molecule has 140 valence electrons. The van der Waals surface area contributed by atoms with Gasteiger partial charge in [0.25, 0.3) is 0 Å². The highest BCUT2D eigenvalue weighted by Crippen LogP contribution is 2.29. The third kappa shape index (κ3) is 4.90. The summed E-state index contributed by atoms with van der Waals surface area (Å²) in [6, 6.07) is 20.1. The highest BCUT2D eigenvalue weighted by atomic mass is 16.7. The van der Waals surface area contributed by atoms with Crippen molar-refractivity contribution in [3.8, 4) is 0 Å². The fraction of sp³-hybridized carbons (Fsp3) is 0.429. The van der Waals surface area contributed by atoms with Gasteiger partial charge in [0.05, 0.1) is 19.8 Å². The van der Waals surface area contributed by atoms with Crippen molar-refractivity contribution in [2.24, 2.45) is 0 Å². The lowest BCUT2D eigenvalue weighted by Crippen LogP contribution is -2.39. The van der Waals surface area contributed by atoms with Crippen LogP contribution in [0.25, 0.3) is 0 Å². The molecule has 5 nitrogen and oxygen atoms in total. The van der Waals surface area contributed by atoms with E-state index < -0.39 is 6.29 Å². The van der Waals surface area contributed by atoms with Crippen LogP contribution in [0.1, 0.15) is 11.1 Å². The molecule has 1 aliphatic heterocycles. The van der Waals surface area contributed by atoms with Crippen LogP contribution in [-0.2, 0) is 36.9 Å². The molecular formula is C21H26O5. The van der Waals surface area contributed by atoms with Crippen LogP contribution in [0.5, 0.6) is 0 Å². The molecule has 26 heavy (non-hydrogen) atoms. The zero-order chi connectivity index (χ0) is 18.2. The molecule has 1 saturated heterocycles. The Morgan fingerprint density at radius 2 is 1.31 bits per heavy atom. The molecule has 0 radical (unpaired) electrons. The number of rotatable bonds is 9. The van der Waals surface area contributed by atoms with Crippen LogP contribution in [0.2, 0.25) is 0 Å². The molecule has 0 saturated carbocycles. The van der Waals surface area contributed by atoms with Crippen molar-refractivity contribution < 1.29 is 23.7 Å². The highest BCUT2D eigenvalue weighted by Gasteiger charge is 2.46. The molecule has 1 fully saturated rings. The highest BCUT2D eigenvalue weighted by molar-refractivity contribution is 5.14. The zero-order valence-electron chi connectivity index (χ0n) is 15.2. The first kappa shape index (κ1) is 19.0. The van der Waals surface area contributed by atoms with Crippen LogP contribution in [0, 0.1) is 0 Å². The maximum atomic E-state index is 6.18. The molecule has 5 heteroatoms. The van der Waals surface area contributed by atoms with Crippen molar-refractivity contribution in [2.45, 2.75) is 37.8 Å². The predicted molar refractivity (Wildman–Crippen MR) is 97.6 cm³/mol. The van der Waals surface area contributed by atoms with Crippen molar-refractivity contribution in [3.05, 3.63) is 71.8 Å². The van der Waals surface area contributed by atoms with E-state index in [4.69, 9.17) is 23.7 Å². The molecule has 0 unspecified atom stereocenters. The van der Waals surface area contributed by atoms with Crippen LogP contribution in [0.4, 0.5) is 0 Å². The Morgan fingerprint density at radius 1 is 0.769 bits per heavy atom. The van der Waals surface area contributed by atoms with Crippen LogP contribution in [-0.4, -0.2) is 45.4 Å². The maximum absolute atomic E-state index is 6.18. The summed E-state index contributed by atoms with van der Waals surface area (Å²) in [4.78, 5) is 0. The van der Waals surface area contributed by atoms with Crippen molar-refractivity contribution in [3.63, 3.8) is 0 Å². The monoisotopic (exact) mass is 358 g/mol. The van der Waals surface area contributed by atoms with Gasteiger partial charge in [-0.15, -0.1) is 0 Å². The third-order valence-corrected chi connectivity index (χ3v) is 4.40. The Balaban J connectivity index is 1.68. The van der Waals surface area contributed by atoms with E-state index in [2.05, 4.69) is 0 Å². The molecule has 2 aromatic carbocycles. The summed E-state index contributed by atoms with van der Waals surface area (Å²) in [5.74, 6) is 0. The Labute approximate surface area is 154 Å². The standard InChI is InChI=1S/C21H26O5/c1-22-15-18-19(24-13-16-9-5-3-6-10-16)20(21(23-2)26-18)25-14-17-11-7-4-8-12-17/h3-12,18-21H,13-15H2,1-2H3/t18-,19-,20-,21+/m1/s1. The van der Waals surface area contributed by atoms with Crippen molar-refractivity contribution in [1.29, 1.82) is 0 Å². The Hall–Kier alpha value is -1.76. The molecule has 4 atom stereocenters. The van der Waals surface area contributed by atoms with Crippen LogP contribution >= 0.6 is 0 Å². The molecule has 0 bridgehead atoms. The molecule has 0 aliphatic carbocycles. The average Bonchev–Trinajstić information content (AvgIpc) is 3.03.